The predicted molar refractivity (Wildman–Crippen MR) is 53.7 cm³/mol. The van der Waals surface area contributed by atoms with Crippen LogP contribution >= 0.6 is 0 Å². The summed E-state index contributed by atoms with van der Waals surface area (Å²) in [5, 5.41) is 0. The quantitative estimate of drug-likeness (QED) is 0.649. The van der Waals surface area contributed by atoms with Crippen LogP contribution in [0.4, 0.5) is 0 Å². The summed E-state index contributed by atoms with van der Waals surface area (Å²) in [5.74, 6) is 0. The Hall–Kier alpha value is 0.922. The summed E-state index contributed by atoms with van der Waals surface area (Å²) in [6.45, 7) is 0. The fourth-order valence-corrected chi connectivity index (χ4v) is 12.0. The topological polar surface area (TPSA) is 0 Å². The molecule has 0 bridgehead atoms. The maximum atomic E-state index is 1.65. The standard InChI is InChI=1S/2C6H11.Cd/c2*1-2-4-6-5-3-1;/h2*1H,2-6H2;. The molecular weight excluding hydrogens is 257 g/mol. The maximum absolute atomic E-state index is 1.65. The zero-order chi connectivity index (χ0) is 8.93. The minimum absolute atomic E-state index is 0.327. The predicted octanol–water partition coefficient (Wildman–Crippen LogP) is 4.57. The number of hydrogen-bond donors (Lipinski definition) is 0. The molecule has 0 unspecified atom stereocenters. The van der Waals surface area contributed by atoms with E-state index in [0.29, 0.717) is 0 Å². The van der Waals surface area contributed by atoms with E-state index in [-0.39, 0.29) is 24.2 Å². The molecule has 0 aliphatic heterocycles. The Bertz CT molecular complexity index is 116. The normalized spacial score (nSPS) is 27.1. The van der Waals surface area contributed by atoms with Crippen molar-refractivity contribution < 1.29 is 24.2 Å². The van der Waals surface area contributed by atoms with Crippen LogP contribution in [0.1, 0.15) is 64.2 Å². The molecule has 0 aromatic carbocycles. The van der Waals surface area contributed by atoms with E-state index >= 15 is 0 Å². The minimum atomic E-state index is -0.327. The zero-order valence-electron chi connectivity index (χ0n) is 8.93. The Morgan fingerprint density at radius 1 is 0.538 bits per heavy atom. The SMILES string of the molecule is C1CC[CH]([Cd][CH]2CCCCC2)CC1. The molecule has 0 atom stereocenters. The first kappa shape index (κ1) is 10.4. The summed E-state index contributed by atoms with van der Waals surface area (Å²) in [6, 6.07) is 0. The average Bonchev–Trinajstić information content (AvgIpc) is 2.21. The van der Waals surface area contributed by atoms with E-state index in [1.807, 2.05) is 0 Å². The van der Waals surface area contributed by atoms with E-state index in [9.17, 15) is 0 Å². The Morgan fingerprint density at radius 2 is 0.923 bits per heavy atom. The molecule has 13 heavy (non-hydrogen) atoms. The summed E-state index contributed by atoms with van der Waals surface area (Å²) in [5.41, 5.74) is 0. The van der Waals surface area contributed by atoms with Crippen molar-refractivity contribution in [3.8, 4) is 0 Å². The average molecular weight is 279 g/mol. The van der Waals surface area contributed by atoms with Gasteiger partial charge < -0.3 is 0 Å². The van der Waals surface area contributed by atoms with Crippen LogP contribution in [0.15, 0.2) is 0 Å². The van der Waals surface area contributed by atoms with Crippen LogP contribution in [0.3, 0.4) is 0 Å². The Balaban J connectivity index is 1.69. The van der Waals surface area contributed by atoms with Crippen molar-refractivity contribution in [1.82, 2.24) is 0 Å². The third-order valence-corrected chi connectivity index (χ3v) is 12.6. The van der Waals surface area contributed by atoms with Crippen molar-refractivity contribution in [2.24, 2.45) is 0 Å². The molecule has 0 radical (unpaired) electrons. The van der Waals surface area contributed by atoms with E-state index in [4.69, 9.17) is 0 Å². The van der Waals surface area contributed by atoms with Crippen molar-refractivity contribution in [3.05, 3.63) is 0 Å². The van der Waals surface area contributed by atoms with E-state index in [1.165, 1.54) is 6.95 Å². The molecule has 0 aromatic heterocycles. The molecular formula is C12H22Cd. The van der Waals surface area contributed by atoms with E-state index in [0.717, 1.165) is 0 Å². The summed E-state index contributed by atoms with van der Waals surface area (Å²) in [4.78, 5) is 0. The van der Waals surface area contributed by atoms with Crippen molar-refractivity contribution in [3.63, 3.8) is 0 Å². The van der Waals surface area contributed by atoms with E-state index in [2.05, 4.69) is 0 Å². The summed E-state index contributed by atoms with van der Waals surface area (Å²) in [6.07, 6.45) is 16.0. The van der Waals surface area contributed by atoms with Crippen LogP contribution in [0, 0.1) is 0 Å². The number of rotatable bonds is 2. The Kier molecular flexibility index (Phi) is 4.59. The van der Waals surface area contributed by atoms with Gasteiger partial charge in [-0.25, -0.2) is 0 Å². The first-order chi connectivity index (χ1) is 6.45. The molecule has 2 fully saturated rings. The Labute approximate surface area is 95.1 Å². The monoisotopic (exact) mass is 280 g/mol. The second kappa shape index (κ2) is 5.72. The van der Waals surface area contributed by atoms with Crippen molar-refractivity contribution in [1.29, 1.82) is 0 Å². The van der Waals surface area contributed by atoms with Gasteiger partial charge in [0, 0.05) is 0 Å². The van der Waals surface area contributed by atoms with Gasteiger partial charge in [0.15, 0.2) is 0 Å². The molecule has 2 saturated carbocycles. The fourth-order valence-electron chi connectivity index (χ4n) is 3.32. The van der Waals surface area contributed by atoms with Gasteiger partial charge in [0.1, 0.15) is 0 Å². The summed E-state index contributed by atoms with van der Waals surface area (Å²) >= 11 is -0.327. The van der Waals surface area contributed by atoms with Crippen LogP contribution < -0.4 is 0 Å². The van der Waals surface area contributed by atoms with Gasteiger partial charge in [-0.1, -0.05) is 0 Å². The van der Waals surface area contributed by atoms with Crippen LogP contribution in [0.2, 0.25) is 6.95 Å². The van der Waals surface area contributed by atoms with Crippen LogP contribution in [-0.4, -0.2) is 0 Å². The summed E-state index contributed by atoms with van der Waals surface area (Å²) < 4.78 is 2.66. The van der Waals surface area contributed by atoms with Gasteiger partial charge in [-0.15, -0.1) is 0 Å². The van der Waals surface area contributed by atoms with Crippen LogP contribution in [-0.2, 0) is 24.2 Å². The van der Waals surface area contributed by atoms with Crippen molar-refractivity contribution in [2.45, 2.75) is 71.2 Å². The van der Waals surface area contributed by atoms with Gasteiger partial charge in [0.2, 0.25) is 0 Å². The van der Waals surface area contributed by atoms with Crippen LogP contribution in [0.5, 0.6) is 0 Å². The molecule has 0 aromatic rings. The van der Waals surface area contributed by atoms with Crippen molar-refractivity contribution in [2.75, 3.05) is 0 Å². The molecule has 0 amide bonds. The molecule has 0 N–H and O–H groups in total. The molecule has 0 heterocycles. The second-order valence-electron chi connectivity index (χ2n) is 5.24. The molecule has 0 saturated heterocycles. The molecule has 2 rings (SSSR count). The molecule has 0 nitrogen and oxygen atoms in total. The molecule has 72 valence electrons. The van der Waals surface area contributed by atoms with Gasteiger partial charge in [-0.2, -0.15) is 0 Å². The third kappa shape index (κ3) is 3.52. The van der Waals surface area contributed by atoms with Gasteiger partial charge in [-0.05, 0) is 0 Å². The van der Waals surface area contributed by atoms with Gasteiger partial charge in [0.05, 0.1) is 0 Å². The fraction of sp³-hybridized carbons (Fsp3) is 1.00. The van der Waals surface area contributed by atoms with E-state index < -0.39 is 0 Å². The number of hydrogen-bond acceptors (Lipinski definition) is 0. The first-order valence-electron chi connectivity index (χ1n) is 6.45. The molecule has 1 heteroatoms. The third-order valence-electron chi connectivity index (χ3n) is 4.12. The summed E-state index contributed by atoms with van der Waals surface area (Å²) in [7, 11) is 0. The second-order valence-corrected chi connectivity index (χ2v) is 13.2. The van der Waals surface area contributed by atoms with Crippen LogP contribution in [0.25, 0.3) is 0 Å². The zero-order valence-corrected chi connectivity index (χ0v) is 13.0. The van der Waals surface area contributed by atoms with E-state index in [1.54, 1.807) is 64.2 Å². The van der Waals surface area contributed by atoms with Crippen molar-refractivity contribution >= 4 is 0 Å². The molecule has 2 aliphatic rings. The molecule has 2 aliphatic carbocycles. The first-order valence-corrected chi connectivity index (χ1v) is 11.1. The molecule has 0 spiro atoms. The Morgan fingerprint density at radius 3 is 1.31 bits per heavy atom. The van der Waals surface area contributed by atoms with Gasteiger partial charge in [0.25, 0.3) is 0 Å². The van der Waals surface area contributed by atoms with Gasteiger partial charge >= 0.3 is 95.4 Å². The van der Waals surface area contributed by atoms with Gasteiger partial charge in [-0.3, -0.25) is 0 Å².